The highest BCUT2D eigenvalue weighted by atomic mass is 35.5. The number of hydrogen-bond donors (Lipinski definition) is 1. The van der Waals surface area contributed by atoms with Crippen LogP contribution in [0, 0.1) is 5.41 Å². The third kappa shape index (κ3) is 4.12. The molecule has 0 bridgehead atoms. The molecule has 0 amide bonds. The van der Waals surface area contributed by atoms with E-state index in [1.165, 1.54) is 25.7 Å². The maximum Gasteiger partial charge on any atom is 0.123 e. The second kappa shape index (κ2) is 6.15. The van der Waals surface area contributed by atoms with E-state index in [2.05, 4.69) is 19.2 Å². The molecule has 1 saturated carbocycles. The van der Waals surface area contributed by atoms with Crippen molar-refractivity contribution < 1.29 is 4.74 Å². The Balaban J connectivity index is 1.96. The Hall–Kier alpha value is -0.730. The zero-order valence-corrected chi connectivity index (χ0v) is 12.9. The first-order valence-electron chi connectivity index (χ1n) is 7.06. The van der Waals surface area contributed by atoms with E-state index in [0.29, 0.717) is 11.5 Å². The standard InChI is InChI=1S/C16H24ClNO/c1-16(2)8-4-5-14(10-16)18-11-12-9-13(17)6-7-15(12)19-3/h6-7,9,14,18H,4-5,8,10-11H2,1-3H3. The van der Waals surface area contributed by atoms with Gasteiger partial charge in [0.1, 0.15) is 5.75 Å². The Morgan fingerprint density at radius 2 is 2.21 bits per heavy atom. The fraction of sp³-hybridized carbons (Fsp3) is 0.625. The van der Waals surface area contributed by atoms with Gasteiger partial charge in [-0.1, -0.05) is 31.9 Å². The number of rotatable bonds is 4. The molecule has 1 N–H and O–H groups in total. The van der Waals surface area contributed by atoms with Gasteiger partial charge >= 0.3 is 0 Å². The van der Waals surface area contributed by atoms with Crippen molar-refractivity contribution in [3.8, 4) is 5.75 Å². The summed E-state index contributed by atoms with van der Waals surface area (Å²) in [6.07, 6.45) is 5.17. The molecule has 106 valence electrons. The lowest BCUT2D eigenvalue weighted by molar-refractivity contribution is 0.197. The Kier molecular flexibility index (Phi) is 4.75. The number of methoxy groups -OCH3 is 1. The molecule has 1 unspecified atom stereocenters. The summed E-state index contributed by atoms with van der Waals surface area (Å²) >= 11 is 6.06. The van der Waals surface area contributed by atoms with Gasteiger partial charge in [0, 0.05) is 23.2 Å². The lowest BCUT2D eigenvalue weighted by Gasteiger charge is -2.35. The fourth-order valence-electron chi connectivity index (χ4n) is 3.01. The van der Waals surface area contributed by atoms with Crippen LogP contribution in [0.4, 0.5) is 0 Å². The van der Waals surface area contributed by atoms with Gasteiger partial charge in [0.2, 0.25) is 0 Å². The molecule has 3 heteroatoms. The maximum absolute atomic E-state index is 6.06. The first-order chi connectivity index (χ1) is 9.00. The topological polar surface area (TPSA) is 21.3 Å². The average molecular weight is 282 g/mol. The minimum absolute atomic E-state index is 0.467. The Morgan fingerprint density at radius 3 is 2.89 bits per heavy atom. The smallest absolute Gasteiger partial charge is 0.123 e. The number of benzene rings is 1. The molecule has 19 heavy (non-hydrogen) atoms. The van der Waals surface area contributed by atoms with Crippen LogP contribution in [0.2, 0.25) is 5.02 Å². The number of nitrogens with one attached hydrogen (secondary N) is 1. The minimum atomic E-state index is 0.467. The molecular weight excluding hydrogens is 258 g/mol. The monoisotopic (exact) mass is 281 g/mol. The van der Waals surface area contributed by atoms with E-state index in [0.717, 1.165) is 22.9 Å². The lowest BCUT2D eigenvalue weighted by atomic mass is 9.75. The Bertz CT molecular complexity index is 431. The second-order valence-electron chi connectivity index (χ2n) is 6.29. The van der Waals surface area contributed by atoms with Gasteiger partial charge in [-0.3, -0.25) is 0 Å². The summed E-state index contributed by atoms with van der Waals surface area (Å²) in [6, 6.07) is 6.39. The predicted molar refractivity (Wildman–Crippen MR) is 80.9 cm³/mol. The second-order valence-corrected chi connectivity index (χ2v) is 6.73. The van der Waals surface area contributed by atoms with Crippen LogP contribution in [-0.2, 0) is 6.54 Å². The van der Waals surface area contributed by atoms with Crippen LogP contribution in [-0.4, -0.2) is 13.2 Å². The molecular formula is C16H24ClNO. The third-order valence-corrected chi connectivity index (χ3v) is 4.26. The number of ether oxygens (including phenoxy) is 1. The normalized spacial score (nSPS) is 22.2. The molecule has 0 aliphatic heterocycles. The molecule has 0 radical (unpaired) electrons. The number of hydrogen-bond acceptors (Lipinski definition) is 2. The molecule has 2 nitrogen and oxygen atoms in total. The molecule has 1 aromatic carbocycles. The zero-order valence-electron chi connectivity index (χ0n) is 12.1. The quantitative estimate of drug-likeness (QED) is 0.883. The van der Waals surface area contributed by atoms with Crippen LogP contribution in [0.25, 0.3) is 0 Å². The summed E-state index contributed by atoms with van der Waals surface area (Å²) in [5.41, 5.74) is 1.60. The van der Waals surface area contributed by atoms with E-state index in [9.17, 15) is 0 Å². The molecule has 0 heterocycles. The molecule has 0 saturated heterocycles. The van der Waals surface area contributed by atoms with Crippen molar-refractivity contribution >= 4 is 11.6 Å². The Morgan fingerprint density at radius 1 is 1.42 bits per heavy atom. The highest BCUT2D eigenvalue weighted by molar-refractivity contribution is 6.30. The van der Waals surface area contributed by atoms with E-state index in [1.54, 1.807) is 7.11 Å². The van der Waals surface area contributed by atoms with Gasteiger partial charge in [-0.25, -0.2) is 0 Å². The van der Waals surface area contributed by atoms with Gasteiger partial charge in [-0.05, 0) is 42.9 Å². The van der Waals surface area contributed by atoms with Gasteiger partial charge in [-0.2, -0.15) is 0 Å². The van der Waals surface area contributed by atoms with E-state index in [-0.39, 0.29) is 0 Å². The van der Waals surface area contributed by atoms with E-state index >= 15 is 0 Å². The molecule has 1 aromatic rings. The minimum Gasteiger partial charge on any atom is -0.496 e. The lowest BCUT2D eigenvalue weighted by Crippen LogP contribution is -2.36. The molecule has 0 spiro atoms. The average Bonchev–Trinajstić information content (AvgIpc) is 2.35. The molecule has 1 aliphatic carbocycles. The summed E-state index contributed by atoms with van der Waals surface area (Å²) in [6.45, 7) is 5.55. The van der Waals surface area contributed by atoms with Crippen molar-refractivity contribution in [3.05, 3.63) is 28.8 Å². The van der Waals surface area contributed by atoms with Crippen molar-refractivity contribution in [2.24, 2.45) is 5.41 Å². The third-order valence-electron chi connectivity index (χ3n) is 4.03. The highest BCUT2D eigenvalue weighted by Gasteiger charge is 2.27. The van der Waals surface area contributed by atoms with Crippen LogP contribution in [0.5, 0.6) is 5.75 Å². The molecule has 1 fully saturated rings. The van der Waals surface area contributed by atoms with Gasteiger partial charge < -0.3 is 10.1 Å². The van der Waals surface area contributed by atoms with E-state index in [4.69, 9.17) is 16.3 Å². The van der Waals surface area contributed by atoms with Gasteiger partial charge in [0.05, 0.1) is 7.11 Å². The maximum atomic E-state index is 6.06. The van der Waals surface area contributed by atoms with Gasteiger partial charge in [-0.15, -0.1) is 0 Å². The van der Waals surface area contributed by atoms with Crippen molar-refractivity contribution in [2.75, 3.05) is 7.11 Å². The van der Waals surface area contributed by atoms with E-state index < -0.39 is 0 Å². The van der Waals surface area contributed by atoms with Gasteiger partial charge in [0.15, 0.2) is 0 Å². The van der Waals surface area contributed by atoms with Crippen LogP contribution >= 0.6 is 11.6 Å². The summed E-state index contributed by atoms with van der Waals surface area (Å²) in [4.78, 5) is 0. The summed E-state index contributed by atoms with van der Waals surface area (Å²) in [7, 11) is 1.70. The van der Waals surface area contributed by atoms with Gasteiger partial charge in [0.25, 0.3) is 0 Å². The van der Waals surface area contributed by atoms with Crippen molar-refractivity contribution in [1.82, 2.24) is 5.32 Å². The summed E-state index contributed by atoms with van der Waals surface area (Å²) in [5.74, 6) is 0.909. The number of halogens is 1. The zero-order chi connectivity index (χ0) is 13.9. The van der Waals surface area contributed by atoms with Crippen LogP contribution < -0.4 is 10.1 Å². The largest absolute Gasteiger partial charge is 0.496 e. The SMILES string of the molecule is COc1ccc(Cl)cc1CNC1CCCC(C)(C)C1. The highest BCUT2D eigenvalue weighted by Crippen LogP contribution is 2.35. The fourth-order valence-corrected chi connectivity index (χ4v) is 3.21. The molecule has 2 rings (SSSR count). The summed E-state index contributed by atoms with van der Waals surface area (Å²) in [5, 5.41) is 4.42. The van der Waals surface area contributed by atoms with Crippen molar-refractivity contribution in [1.29, 1.82) is 0 Å². The predicted octanol–water partition coefficient (Wildman–Crippen LogP) is 4.41. The van der Waals surface area contributed by atoms with E-state index in [1.807, 2.05) is 18.2 Å². The van der Waals surface area contributed by atoms with Crippen LogP contribution in [0.3, 0.4) is 0 Å². The first kappa shape index (κ1) is 14.7. The first-order valence-corrected chi connectivity index (χ1v) is 7.44. The Labute approximate surface area is 121 Å². The van der Waals surface area contributed by atoms with Crippen molar-refractivity contribution in [2.45, 2.75) is 52.1 Å². The molecule has 1 atom stereocenters. The summed E-state index contributed by atoms with van der Waals surface area (Å²) < 4.78 is 5.38. The molecule has 0 aromatic heterocycles. The van der Waals surface area contributed by atoms with Crippen molar-refractivity contribution in [3.63, 3.8) is 0 Å². The van der Waals surface area contributed by atoms with Crippen LogP contribution in [0.1, 0.15) is 45.1 Å². The van der Waals surface area contributed by atoms with Crippen LogP contribution in [0.15, 0.2) is 18.2 Å². The molecule has 1 aliphatic rings.